The van der Waals surface area contributed by atoms with Crippen LogP contribution in [0.4, 0.5) is 5.82 Å². The van der Waals surface area contributed by atoms with Gasteiger partial charge < -0.3 is 4.90 Å². The topological polar surface area (TPSA) is 68.3 Å². The molecule has 0 spiro atoms. The molecule has 2 aliphatic heterocycles. The summed E-state index contributed by atoms with van der Waals surface area (Å²) in [6.07, 6.45) is 8.52. The Hall–Kier alpha value is -2.35. The minimum Gasteiger partial charge on any atom is -0.350 e. The Morgan fingerprint density at radius 3 is 3.23 bits per heavy atom. The van der Waals surface area contributed by atoms with E-state index in [1.807, 2.05) is 28.5 Å². The first-order chi connectivity index (χ1) is 12.8. The van der Waals surface area contributed by atoms with Crippen LogP contribution in [0.25, 0.3) is 5.52 Å². The third kappa shape index (κ3) is 2.68. The quantitative estimate of drug-likeness (QED) is 0.702. The average Bonchev–Trinajstić information content (AvgIpc) is 3.31. The second-order valence-corrected chi connectivity index (χ2v) is 7.95. The minimum atomic E-state index is 0.00798. The van der Waals surface area contributed by atoms with Gasteiger partial charge in [-0.3, -0.25) is 4.79 Å². The Balaban J connectivity index is 1.47. The number of hydrogen-bond donors (Lipinski definition) is 0. The fraction of sp³-hybridized carbons (Fsp3) is 0.444. The summed E-state index contributed by atoms with van der Waals surface area (Å²) in [5.41, 5.74) is 3.20. The monoisotopic (exact) mass is 368 g/mol. The predicted molar refractivity (Wildman–Crippen MR) is 102 cm³/mol. The van der Waals surface area contributed by atoms with Gasteiger partial charge in [-0.05, 0) is 30.2 Å². The molecule has 5 rings (SSSR count). The standard InChI is InChI=1S/C18H20N6OS/c25-17-10-13-12-26-9-4-15(13)21-24(17)11-14-2-1-7-22(14)18-16-3-5-20-23(16)8-6-19-18/h3,5-6,8,10,14H,1-2,4,7,9,11-12H2. The van der Waals surface area contributed by atoms with E-state index in [0.717, 1.165) is 59.9 Å². The molecule has 1 unspecified atom stereocenters. The highest BCUT2D eigenvalue weighted by Crippen LogP contribution is 2.28. The second-order valence-electron chi connectivity index (χ2n) is 6.84. The van der Waals surface area contributed by atoms with Crippen LogP contribution in [-0.4, -0.2) is 42.7 Å². The third-order valence-corrected chi connectivity index (χ3v) is 6.25. The molecule has 0 radical (unpaired) electrons. The van der Waals surface area contributed by atoms with Crippen LogP contribution in [-0.2, 0) is 18.7 Å². The molecule has 8 heteroatoms. The summed E-state index contributed by atoms with van der Waals surface area (Å²) < 4.78 is 3.51. The molecule has 0 aromatic carbocycles. The number of nitrogens with zero attached hydrogens (tertiary/aromatic N) is 6. The summed E-state index contributed by atoms with van der Waals surface area (Å²) in [5.74, 6) is 2.93. The Labute approximate surface area is 155 Å². The SMILES string of the molecule is O=c1cc2c(nn1CC1CCCN1c1nccn3nccc13)CCSC2. The maximum Gasteiger partial charge on any atom is 0.267 e. The number of fused-ring (bicyclic) bond motifs is 2. The van der Waals surface area contributed by atoms with E-state index < -0.39 is 0 Å². The van der Waals surface area contributed by atoms with E-state index in [1.54, 1.807) is 23.1 Å². The van der Waals surface area contributed by atoms with Crippen molar-refractivity contribution in [1.82, 2.24) is 24.4 Å². The highest BCUT2D eigenvalue weighted by molar-refractivity contribution is 7.98. The zero-order valence-corrected chi connectivity index (χ0v) is 15.2. The van der Waals surface area contributed by atoms with Crippen molar-refractivity contribution in [3.63, 3.8) is 0 Å². The Kier molecular flexibility index (Phi) is 3.92. The molecule has 7 nitrogen and oxygen atoms in total. The normalized spacial score (nSPS) is 19.8. The number of rotatable bonds is 3. The largest absolute Gasteiger partial charge is 0.350 e. The highest BCUT2D eigenvalue weighted by Gasteiger charge is 2.28. The zero-order valence-electron chi connectivity index (χ0n) is 14.4. The highest BCUT2D eigenvalue weighted by atomic mass is 32.2. The van der Waals surface area contributed by atoms with Crippen molar-refractivity contribution < 1.29 is 0 Å². The molecule has 26 heavy (non-hydrogen) atoms. The number of aryl methyl sites for hydroxylation is 1. The molecule has 0 bridgehead atoms. The fourth-order valence-electron chi connectivity index (χ4n) is 3.95. The van der Waals surface area contributed by atoms with Gasteiger partial charge in [0, 0.05) is 37.2 Å². The summed E-state index contributed by atoms with van der Waals surface area (Å²) in [4.78, 5) is 19.4. The van der Waals surface area contributed by atoms with E-state index in [4.69, 9.17) is 0 Å². The molecule has 134 valence electrons. The zero-order chi connectivity index (χ0) is 17.5. The summed E-state index contributed by atoms with van der Waals surface area (Å²) in [6, 6.07) is 3.99. The molecule has 5 heterocycles. The van der Waals surface area contributed by atoms with Crippen molar-refractivity contribution in [3.05, 3.63) is 52.3 Å². The van der Waals surface area contributed by atoms with Crippen LogP contribution in [0.15, 0.2) is 35.5 Å². The van der Waals surface area contributed by atoms with Crippen molar-refractivity contribution in [2.45, 2.75) is 37.6 Å². The van der Waals surface area contributed by atoms with Gasteiger partial charge in [0.05, 0.1) is 24.5 Å². The average molecular weight is 368 g/mol. The van der Waals surface area contributed by atoms with E-state index in [1.165, 1.54) is 0 Å². The molecule has 1 fully saturated rings. The Morgan fingerprint density at radius 2 is 2.27 bits per heavy atom. The number of aromatic nitrogens is 5. The molecule has 3 aromatic rings. The fourth-order valence-corrected chi connectivity index (χ4v) is 4.90. The van der Waals surface area contributed by atoms with E-state index in [9.17, 15) is 4.79 Å². The smallest absolute Gasteiger partial charge is 0.267 e. The summed E-state index contributed by atoms with van der Waals surface area (Å²) in [6.45, 7) is 1.55. The first-order valence-electron chi connectivity index (χ1n) is 9.02. The first-order valence-corrected chi connectivity index (χ1v) is 10.2. The lowest BCUT2D eigenvalue weighted by Gasteiger charge is -2.26. The summed E-state index contributed by atoms with van der Waals surface area (Å²) in [5, 5.41) is 8.99. The number of hydrogen-bond acceptors (Lipinski definition) is 6. The first kappa shape index (κ1) is 15.9. The molecular formula is C18H20N6OS. The van der Waals surface area contributed by atoms with Crippen molar-refractivity contribution in [2.24, 2.45) is 0 Å². The predicted octanol–water partition coefficient (Wildman–Crippen LogP) is 1.74. The summed E-state index contributed by atoms with van der Waals surface area (Å²) in [7, 11) is 0. The van der Waals surface area contributed by atoms with Gasteiger partial charge in [0.15, 0.2) is 5.82 Å². The van der Waals surface area contributed by atoms with Gasteiger partial charge in [-0.15, -0.1) is 0 Å². The molecular weight excluding hydrogens is 348 g/mol. The van der Waals surface area contributed by atoms with Crippen molar-refractivity contribution >= 4 is 23.1 Å². The third-order valence-electron chi connectivity index (χ3n) is 5.24. The van der Waals surface area contributed by atoms with E-state index in [-0.39, 0.29) is 11.6 Å². The molecule has 2 aliphatic rings. The number of thioether (sulfide) groups is 1. The van der Waals surface area contributed by atoms with Crippen LogP contribution in [0.1, 0.15) is 24.1 Å². The van der Waals surface area contributed by atoms with Crippen LogP contribution >= 0.6 is 11.8 Å². The maximum atomic E-state index is 12.5. The minimum absolute atomic E-state index is 0.00798. The van der Waals surface area contributed by atoms with Crippen molar-refractivity contribution in [1.29, 1.82) is 0 Å². The number of anilines is 1. The van der Waals surface area contributed by atoms with Crippen LogP contribution in [0, 0.1) is 0 Å². The van der Waals surface area contributed by atoms with Gasteiger partial charge in [-0.1, -0.05) is 0 Å². The molecule has 0 saturated carbocycles. The lowest BCUT2D eigenvalue weighted by molar-refractivity contribution is 0.480. The maximum absolute atomic E-state index is 12.5. The van der Waals surface area contributed by atoms with Crippen molar-refractivity contribution in [2.75, 3.05) is 17.2 Å². The molecule has 1 atom stereocenters. The van der Waals surface area contributed by atoms with E-state index in [0.29, 0.717) is 6.54 Å². The van der Waals surface area contributed by atoms with Gasteiger partial charge in [-0.25, -0.2) is 14.2 Å². The molecule has 1 saturated heterocycles. The van der Waals surface area contributed by atoms with E-state index in [2.05, 4.69) is 20.1 Å². The van der Waals surface area contributed by atoms with Gasteiger partial charge in [0.25, 0.3) is 5.56 Å². The van der Waals surface area contributed by atoms with Crippen LogP contribution in [0.5, 0.6) is 0 Å². The second kappa shape index (κ2) is 6.42. The van der Waals surface area contributed by atoms with Crippen LogP contribution in [0.3, 0.4) is 0 Å². The van der Waals surface area contributed by atoms with Gasteiger partial charge in [0.1, 0.15) is 5.52 Å². The Bertz CT molecular complexity index is 1010. The molecule has 0 amide bonds. The van der Waals surface area contributed by atoms with Crippen LogP contribution in [0.2, 0.25) is 0 Å². The van der Waals surface area contributed by atoms with E-state index >= 15 is 0 Å². The lowest BCUT2D eigenvalue weighted by Crippen LogP contribution is -2.38. The summed E-state index contributed by atoms with van der Waals surface area (Å²) >= 11 is 1.87. The Morgan fingerprint density at radius 1 is 1.31 bits per heavy atom. The molecule has 0 aliphatic carbocycles. The van der Waals surface area contributed by atoms with Crippen molar-refractivity contribution in [3.8, 4) is 0 Å². The molecule has 3 aromatic heterocycles. The van der Waals surface area contributed by atoms with Gasteiger partial charge >= 0.3 is 0 Å². The van der Waals surface area contributed by atoms with Gasteiger partial charge in [-0.2, -0.15) is 22.0 Å². The lowest BCUT2D eigenvalue weighted by atomic mass is 10.2. The molecule has 0 N–H and O–H groups in total. The van der Waals surface area contributed by atoms with Gasteiger partial charge in [0.2, 0.25) is 0 Å². The van der Waals surface area contributed by atoms with Crippen LogP contribution < -0.4 is 10.5 Å².